The highest BCUT2D eigenvalue weighted by Crippen LogP contribution is 2.23. The van der Waals surface area contributed by atoms with Gasteiger partial charge in [-0.05, 0) is 48.8 Å². The molecule has 1 aromatic carbocycles. The fourth-order valence-electron chi connectivity index (χ4n) is 2.86. The van der Waals surface area contributed by atoms with Crippen LogP contribution in [0.5, 0.6) is 0 Å². The Morgan fingerprint density at radius 2 is 2.10 bits per heavy atom. The molecular weight excluding hydrogens is 248 g/mol. The number of carbonyl (C=O) groups is 1. The van der Waals surface area contributed by atoms with Crippen LogP contribution in [0.4, 0.5) is 0 Å². The first-order valence-corrected chi connectivity index (χ1v) is 7.51. The van der Waals surface area contributed by atoms with Crippen LogP contribution in [0.1, 0.15) is 42.9 Å². The lowest BCUT2D eigenvalue weighted by Crippen LogP contribution is -2.21. The van der Waals surface area contributed by atoms with Crippen LogP contribution in [-0.4, -0.2) is 19.5 Å². The van der Waals surface area contributed by atoms with E-state index in [1.54, 1.807) is 7.11 Å². The molecule has 1 aliphatic carbocycles. The maximum absolute atomic E-state index is 10.8. The predicted octanol–water partition coefficient (Wildman–Crippen LogP) is 3.82. The number of benzene rings is 1. The molecule has 2 unspecified atom stereocenters. The van der Waals surface area contributed by atoms with E-state index in [0.29, 0.717) is 0 Å². The monoisotopic (exact) mass is 272 g/mol. The summed E-state index contributed by atoms with van der Waals surface area (Å²) in [5.41, 5.74) is 4.31. The molecule has 0 spiro atoms. The summed E-state index contributed by atoms with van der Waals surface area (Å²) in [5.74, 6) is -0.0339. The first-order chi connectivity index (χ1) is 9.74. The lowest BCUT2D eigenvalue weighted by molar-refractivity contribution is -0.114. The summed E-state index contributed by atoms with van der Waals surface area (Å²) in [6, 6.07) is 6.76. The Hall–Kier alpha value is -1.41. The van der Waals surface area contributed by atoms with Crippen LogP contribution in [0.25, 0.3) is 6.08 Å². The molecule has 0 amide bonds. The molecule has 0 fully saturated rings. The molecule has 0 N–H and O–H groups in total. The van der Waals surface area contributed by atoms with E-state index >= 15 is 0 Å². The summed E-state index contributed by atoms with van der Waals surface area (Å²) in [4.78, 5) is 10.8. The van der Waals surface area contributed by atoms with Gasteiger partial charge in [0.15, 0.2) is 0 Å². The Kier molecular flexibility index (Phi) is 5.54. The minimum absolute atomic E-state index is 0.0252. The molecule has 2 rings (SSSR count). The molecule has 0 heterocycles. The topological polar surface area (TPSA) is 26.3 Å². The Balaban J connectivity index is 1.85. The Labute approximate surface area is 121 Å². The molecule has 108 valence electrons. The molecule has 2 heteroatoms. The van der Waals surface area contributed by atoms with Gasteiger partial charge in [-0.2, -0.15) is 0 Å². The van der Waals surface area contributed by atoms with Crippen LogP contribution < -0.4 is 0 Å². The predicted molar refractivity (Wildman–Crippen MR) is 82.8 cm³/mol. The van der Waals surface area contributed by atoms with Crippen molar-refractivity contribution in [3.05, 3.63) is 41.0 Å². The zero-order valence-electron chi connectivity index (χ0n) is 12.5. The van der Waals surface area contributed by atoms with Gasteiger partial charge in [0, 0.05) is 13.0 Å². The number of aryl methyl sites for hydroxylation is 2. The molecule has 1 aliphatic rings. The maximum atomic E-state index is 10.8. The van der Waals surface area contributed by atoms with E-state index in [0.717, 1.165) is 19.1 Å². The normalized spacial score (nSPS) is 17.1. The minimum atomic E-state index is -0.0339. The van der Waals surface area contributed by atoms with Crippen LogP contribution in [-0.2, 0) is 22.4 Å². The third-order valence-electron chi connectivity index (χ3n) is 4.15. The highest BCUT2D eigenvalue weighted by molar-refractivity contribution is 5.54. The van der Waals surface area contributed by atoms with Crippen molar-refractivity contribution < 1.29 is 9.53 Å². The van der Waals surface area contributed by atoms with Crippen molar-refractivity contribution >= 4 is 12.4 Å². The highest BCUT2D eigenvalue weighted by atomic mass is 16.5. The van der Waals surface area contributed by atoms with Gasteiger partial charge in [0.1, 0.15) is 6.29 Å². The molecule has 0 bridgehead atoms. The number of ether oxygens (including phenoxy) is 1. The molecule has 0 aliphatic heterocycles. The smallest absolute Gasteiger partial charge is 0.125 e. The van der Waals surface area contributed by atoms with Crippen molar-refractivity contribution in [1.29, 1.82) is 0 Å². The molecule has 1 aromatic rings. The van der Waals surface area contributed by atoms with E-state index in [1.165, 1.54) is 36.0 Å². The van der Waals surface area contributed by atoms with E-state index in [9.17, 15) is 4.79 Å². The number of carbonyl (C=O) groups excluding carboxylic acids is 1. The third-order valence-corrected chi connectivity index (χ3v) is 4.15. The quantitative estimate of drug-likeness (QED) is 0.705. The Bertz CT molecular complexity index is 476. The van der Waals surface area contributed by atoms with Crippen molar-refractivity contribution in [2.45, 2.75) is 45.1 Å². The van der Waals surface area contributed by atoms with Crippen molar-refractivity contribution in [1.82, 2.24) is 0 Å². The van der Waals surface area contributed by atoms with Crippen LogP contribution >= 0.6 is 0 Å². The first-order valence-electron chi connectivity index (χ1n) is 7.51. The average Bonchev–Trinajstić information content (AvgIpc) is 2.94. The SMILES string of the molecule is COC(CC/C=C/c1ccc2c(c1)CCC2)C(C)C=O. The van der Waals surface area contributed by atoms with Gasteiger partial charge in [-0.1, -0.05) is 37.3 Å². The molecule has 20 heavy (non-hydrogen) atoms. The molecule has 0 aromatic heterocycles. The lowest BCUT2D eigenvalue weighted by Gasteiger charge is -2.16. The summed E-state index contributed by atoms with van der Waals surface area (Å²) in [7, 11) is 1.68. The van der Waals surface area contributed by atoms with Crippen molar-refractivity contribution in [3.8, 4) is 0 Å². The highest BCUT2D eigenvalue weighted by Gasteiger charge is 2.14. The zero-order valence-corrected chi connectivity index (χ0v) is 12.5. The van der Waals surface area contributed by atoms with Crippen molar-refractivity contribution in [2.24, 2.45) is 5.92 Å². The second kappa shape index (κ2) is 7.39. The van der Waals surface area contributed by atoms with Gasteiger partial charge in [0.2, 0.25) is 0 Å². The van der Waals surface area contributed by atoms with E-state index < -0.39 is 0 Å². The molecule has 2 atom stereocenters. The second-order valence-corrected chi connectivity index (χ2v) is 5.63. The number of allylic oxidation sites excluding steroid dienone is 1. The molecular formula is C18H24O2. The molecule has 0 saturated carbocycles. The van der Waals surface area contributed by atoms with E-state index in [4.69, 9.17) is 4.74 Å². The van der Waals surface area contributed by atoms with Gasteiger partial charge < -0.3 is 9.53 Å². The number of hydrogen-bond donors (Lipinski definition) is 0. The third kappa shape index (κ3) is 3.80. The fourth-order valence-corrected chi connectivity index (χ4v) is 2.86. The lowest BCUT2D eigenvalue weighted by atomic mass is 10.0. The Morgan fingerprint density at radius 1 is 1.30 bits per heavy atom. The van der Waals surface area contributed by atoms with E-state index in [2.05, 4.69) is 30.4 Å². The molecule has 0 radical (unpaired) electrons. The summed E-state index contributed by atoms with van der Waals surface area (Å²) in [5, 5.41) is 0. The standard InChI is InChI=1S/C18H24O2/c1-14(13-19)18(20-2)9-4-3-6-15-10-11-16-7-5-8-17(16)12-15/h3,6,10-14,18H,4-5,7-9H2,1-2H3/b6-3+. The number of fused-ring (bicyclic) bond motifs is 1. The average molecular weight is 272 g/mol. The fraction of sp³-hybridized carbons (Fsp3) is 0.500. The Morgan fingerprint density at radius 3 is 2.85 bits per heavy atom. The number of hydrogen-bond acceptors (Lipinski definition) is 2. The summed E-state index contributed by atoms with van der Waals surface area (Å²) < 4.78 is 5.35. The van der Waals surface area contributed by atoms with Crippen LogP contribution in [0.2, 0.25) is 0 Å². The molecule has 2 nitrogen and oxygen atoms in total. The second-order valence-electron chi connectivity index (χ2n) is 5.63. The van der Waals surface area contributed by atoms with E-state index in [-0.39, 0.29) is 12.0 Å². The largest absolute Gasteiger partial charge is 0.381 e. The minimum Gasteiger partial charge on any atom is -0.381 e. The molecule has 0 saturated heterocycles. The van der Waals surface area contributed by atoms with Crippen LogP contribution in [0.3, 0.4) is 0 Å². The van der Waals surface area contributed by atoms with Gasteiger partial charge >= 0.3 is 0 Å². The van der Waals surface area contributed by atoms with Gasteiger partial charge in [-0.15, -0.1) is 0 Å². The maximum Gasteiger partial charge on any atom is 0.125 e. The number of aldehydes is 1. The summed E-state index contributed by atoms with van der Waals surface area (Å²) in [6.45, 7) is 1.91. The van der Waals surface area contributed by atoms with Gasteiger partial charge in [-0.25, -0.2) is 0 Å². The summed E-state index contributed by atoms with van der Waals surface area (Å²) >= 11 is 0. The van der Waals surface area contributed by atoms with Crippen molar-refractivity contribution in [2.75, 3.05) is 7.11 Å². The van der Waals surface area contributed by atoms with Gasteiger partial charge in [0.25, 0.3) is 0 Å². The number of rotatable bonds is 7. The summed E-state index contributed by atoms with van der Waals surface area (Å²) in [6.07, 6.45) is 10.9. The van der Waals surface area contributed by atoms with Crippen LogP contribution in [0.15, 0.2) is 24.3 Å². The van der Waals surface area contributed by atoms with Crippen molar-refractivity contribution in [3.63, 3.8) is 0 Å². The number of methoxy groups -OCH3 is 1. The van der Waals surface area contributed by atoms with E-state index in [1.807, 2.05) is 6.92 Å². The van der Waals surface area contributed by atoms with Crippen LogP contribution in [0, 0.1) is 5.92 Å². The van der Waals surface area contributed by atoms with Gasteiger partial charge in [0.05, 0.1) is 6.10 Å². The zero-order chi connectivity index (χ0) is 14.4. The first kappa shape index (κ1) is 15.0. The van der Waals surface area contributed by atoms with Gasteiger partial charge in [-0.3, -0.25) is 0 Å².